The van der Waals surface area contributed by atoms with Crippen LogP contribution in [0.25, 0.3) is 11.1 Å². The summed E-state index contributed by atoms with van der Waals surface area (Å²) in [5.41, 5.74) is 2.99. The lowest BCUT2D eigenvalue weighted by Gasteiger charge is -2.06. The predicted molar refractivity (Wildman–Crippen MR) is 127 cm³/mol. The molecule has 0 spiro atoms. The SMILES string of the molecule is CCNC(=O)COc1ccc(/C=C(\Cl)c2nnc(C(=O)NCc3ccc(C)cc3)s2)cc1. The number of hydrogen-bond acceptors (Lipinski definition) is 6. The molecule has 3 rings (SSSR count). The van der Waals surface area contributed by atoms with Crippen LogP contribution in [-0.4, -0.2) is 35.2 Å². The number of halogens is 1. The van der Waals surface area contributed by atoms with Crippen LogP contribution < -0.4 is 15.4 Å². The van der Waals surface area contributed by atoms with Crippen molar-refractivity contribution in [2.75, 3.05) is 13.2 Å². The number of amides is 2. The zero-order valence-electron chi connectivity index (χ0n) is 17.7. The minimum Gasteiger partial charge on any atom is -0.484 e. The normalized spacial score (nSPS) is 11.2. The largest absolute Gasteiger partial charge is 0.484 e. The lowest BCUT2D eigenvalue weighted by atomic mass is 10.1. The number of likely N-dealkylation sites (N-methyl/N-ethyl adjacent to an activating group) is 1. The van der Waals surface area contributed by atoms with Gasteiger partial charge in [-0.05, 0) is 43.2 Å². The van der Waals surface area contributed by atoms with Gasteiger partial charge in [0.1, 0.15) is 5.75 Å². The fraction of sp³-hybridized carbons (Fsp3) is 0.217. The number of ether oxygens (including phenoxy) is 1. The number of rotatable bonds is 9. The number of carbonyl (C=O) groups is 2. The minimum absolute atomic E-state index is 0.0384. The third-order valence-corrected chi connectivity index (χ3v) is 5.67. The van der Waals surface area contributed by atoms with Crippen LogP contribution in [0.2, 0.25) is 0 Å². The van der Waals surface area contributed by atoms with Crippen LogP contribution in [-0.2, 0) is 11.3 Å². The van der Waals surface area contributed by atoms with Gasteiger partial charge >= 0.3 is 0 Å². The standard InChI is InChI=1S/C23H23ClN4O3S/c1-3-25-20(29)14-31-18-10-8-16(9-11-18)12-19(24)22-27-28-23(32-22)21(30)26-13-17-6-4-15(2)5-7-17/h4-12H,3,13-14H2,1-2H3,(H,25,29)(H,26,30)/b19-12-. The molecule has 2 aromatic carbocycles. The molecule has 2 amide bonds. The molecule has 0 atom stereocenters. The zero-order valence-corrected chi connectivity index (χ0v) is 19.3. The van der Waals surface area contributed by atoms with Crippen LogP contribution >= 0.6 is 22.9 Å². The summed E-state index contributed by atoms with van der Waals surface area (Å²) in [5.74, 6) is 0.106. The first-order valence-corrected chi connectivity index (χ1v) is 11.2. The van der Waals surface area contributed by atoms with Crippen LogP contribution in [0.15, 0.2) is 48.5 Å². The Bertz CT molecular complexity index is 1100. The van der Waals surface area contributed by atoms with Crippen LogP contribution in [0.1, 0.15) is 38.4 Å². The molecular formula is C23H23ClN4O3S. The van der Waals surface area contributed by atoms with E-state index in [9.17, 15) is 9.59 Å². The van der Waals surface area contributed by atoms with Crippen molar-refractivity contribution in [2.24, 2.45) is 0 Å². The van der Waals surface area contributed by atoms with E-state index in [4.69, 9.17) is 16.3 Å². The van der Waals surface area contributed by atoms with Crippen LogP contribution in [0, 0.1) is 6.92 Å². The van der Waals surface area contributed by atoms with E-state index in [1.54, 1.807) is 18.2 Å². The highest BCUT2D eigenvalue weighted by atomic mass is 35.5. The minimum atomic E-state index is -0.299. The van der Waals surface area contributed by atoms with Gasteiger partial charge in [-0.25, -0.2) is 0 Å². The molecule has 7 nitrogen and oxygen atoms in total. The Hall–Kier alpha value is -3.23. The fourth-order valence-electron chi connectivity index (χ4n) is 2.64. The summed E-state index contributed by atoms with van der Waals surface area (Å²) >= 11 is 7.50. The zero-order chi connectivity index (χ0) is 22.9. The molecule has 32 heavy (non-hydrogen) atoms. The number of nitrogens with zero attached hydrogens (tertiary/aromatic N) is 2. The van der Waals surface area contributed by atoms with Crippen molar-refractivity contribution in [3.8, 4) is 5.75 Å². The van der Waals surface area contributed by atoms with Gasteiger partial charge in [0.25, 0.3) is 11.8 Å². The van der Waals surface area contributed by atoms with Gasteiger partial charge in [-0.3, -0.25) is 9.59 Å². The van der Waals surface area contributed by atoms with E-state index in [0.717, 1.165) is 28.0 Å². The average Bonchev–Trinajstić information content (AvgIpc) is 3.29. The summed E-state index contributed by atoms with van der Waals surface area (Å²) in [5, 5.41) is 14.5. The number of benzene rings is 2. The number of nitrogens with one attached hydrogen (secondary N) is 2. The van der Waals surface area contributed by atoms with Gasteiger partial charge in [-0.2, -0.15) is 0 Å². The number of hydrogen-bond donors (Lipinski definition) is 2. The third kappa shape index (κ3) is 6.90. The van der Waals surface area contributed by atoms with Crippen LogP contribution in [0.5, 0.6) is 5.75 Å². The first kappa shape index (κ1) is 23.4. The molecule has 1 heterocycles. The lowest BCUT2D eigenvalue weighted by Crippen LogP contribution is -2.28. The van der Waals surface area contributed by atoms with Gasteiger partial charge < -0.3 is 15.4 Å². The molecule has 0 saturated heterocycles. The molecule has 0 fully saturated rings. The molecule has 2 N–H and O–H groups in total. The van der Waals surface area contributed by atoms with Crippen LogP contribution in [0.4, 0.5) is 0 Å². The smallest absolute Gasteiger partial charge is 0.282 e. The maximum Gasteiger partial charge on any atom is 0.282 e. The molecule has 1 aromatic heterocycles. The Morgan fingerprint density at radius 3 is 2.41 bits per heavy atom. The van der Waals surface area contributed by atoms with Crippen molar-refractivity contribution in [2.45, 2.75) is 20.4 Å². The third-order valence-electron chi connectivity index (χ3n) is 4.31. The van der Waals surface area contributed by atoms with E-state index in [1.165, 1.54) is 0 Å². The summed E-state index contributed by atoms with van der Waals surface area (Å²) in [6.45, 7) is 4.79. The highest BCUT2D eigenvalue weighted by Gasteiger charge is 2.14. The number of aryl methyl sites for hydroxylation is 1. The second-order valence-corrected chi connectivity index (χ2v) is 8.27. The van der Waals surface area contributed by atoms with Crippen molar-refractivity contribution in [1.29, 1.82) is 0 Å². The molecular weight excluding hydrogens is 448 g/mol. The first-order valence-electron chi connectivity index (χ1n) is 9.99. The molecule has 0 aliphatic heterocycles. The van der Waals surface area contributed by atoms with E-state index in [2.05, 4.69) is 20.8 Å². The molecule has 0 bridgehead atoms. The van der Waals surface area contributed by atoms with Crippen molar-refractivity contribution >= 4 is 45.9 Å². The molecule has 0 aliphatic carbocycles. The Morgan fingerprint density at radius 1 is 1.03 bits per heavy atom. The van der Waals surface area contributed by atoms with Crippen molar-refractivity contribution in [1.82, 2.24) is 20.8 Å². The molecule has 0 saturated carbocycles. The second kappa shape index (κ2) is 11.4. The molecule has 0 aliphatic rings. The van der Waals surface area contributed by atoms with Gasteiger partial charge in [0, 0.05) is 13.1 Å². The van der Waals surface area contributed by atoms with Gasteiger partial charge in [-0.1, -0.05) is 64.9 Å². The summed E-state index contributed by atoms with van der Waals surface area (Å²) in [4.78, 5) is 23.8. The molecule has 9 heteroatoms. The molecule has 0 unspecified atom stereocenters. The topological polar surface area (TPSA) is 93.2 Å². The average molecular weight is 471 g/mol. The molecule has 0 radical (unpaired) electrons. The van der Waals surface area contributed by atoms with E-state index in [-0.39, 0.29) is 23.4 Å². The van der Waals surface area contributed by atoms with E-state index in [0.29, 0.717) is 28.9 Å². The highest BCUT2D eigenvalue weighted by molar-refractivity contribution is 7.15. The van der Waals surface area contributed by atoms with Crippen molar-refractivity contribution < 1.29 is 14.3 Å². The summed E-state index contributed by atoms with van der Waals surface area (Å²) < 4.78 is 5.42. The lowest BCUT2D eigenvalue weighted by molar-refractivity contribution is -0.122. The Kier molecular flexibility index (Phi) is 8.35. The molecule has 166 valence electrons. The van der Waals surface area contributed by atoms with Gasteiger partial charge in [-0.15, -0.1) is 10.2 Å². The van der Waals surface area contributed by atoms with Crippen molar-refractivity contribution in [3.63, 3.8) is 0 Å². The van der Waals surface area contributed by atoms with E-state index in [1.807, 2.05) is 50.2 Å². The van der Waals surface area contributed by atoms with Gasteiger partial charge in [0.05, 0.1) is 5.03 Å². The number of carbonyl (C=O) groups excluding carboxylic acids is 2. The quantitative estimate of drug-likeness (QED) is 0.492. The van der Waals surface area contributed by atoms with Crippen LogP contribution in [0.3, 0.4) is 0 Å². The Labute approximate surface area is 195 Å². The number of aromatic nitrogens is 2. The monoisotopic (exact) mass is 470 g/mol. The maximum absolute atomic E-state index is 12.4. The Morgan fingerprint density at radius 2 is 1.72 bits per heavy atom. The Balaban J connectivity index is 1.57. The predicted octanol–water partition coefficient (Wildman–Crippen LogP) is 4.03. The molecule has 3 aromatic rings. The van der Waals surface area contributed by atoms with E-state index >= 15 is 0 Å². The maximum atomic E-state index is 12.4. The first-order chi connectivity index (χ1) is 15.4. The second-order valence-electron chi connectivity index (χ2n) is 6.88. The van der Waals surface area contributed by atoms with E-state index < -0.39 is 0 Å². The summed E-state index contributed by atoms with van der Waals surface area (Å²) in [6, 6.07) is 15.1. The van der Waals surface area contributed by atoms with Crippen molar-refractivity contribution in [3.05, 3.63) is 75.2 Å². The highest BCUT2D eigenvalue weighted by Crippen LogP contribution is 2.26. The summed E-state index contributed by atoms with van der Waals surface area (Å²) in [7, 11) is 0. The fourth-order valence-corrected chi connectivity index (χ4v) is 3.59. The summed E-state index contributed by atoms with van der Waals surface area (Å²) in [6.07, 6.45) is 1.73. The van der Waals surface area contributed by atoms with Gasteiger partial charge in [0.2, 0.25) is 5.01 Å². The van der Waals surface area contributed by atoms with Gasteiger partial charge in [0.15, 0.2) is 11.6 Å².